The molecule has 0 heterocycles. The van der Waals surface area contributed by atoms with Gasteiger partial charge in [0.05, 0.1) is 12.0 Å². The van der Waals surface area contributed by atoms with E-state index in [4.69, 9.17) is 4.74 Å². The minimum Gasteiger partial charge on any atom is -0.384 e. The number of carbonyl (C=O) groups excluding carboxylic acids is 1. The van der Waals surface area contributed by atoms with Crippen LogP contribution in [0.2, 0.25) is 0 Å². The Balaban J connectivity index is 1.74. The minimum absolute atomic E-state index is 0.132. The molecule has 0 radical (unpaired) electrons. The van der Waals surface area contributed by atoms with Crippen LogP contribution in [0.4, 0.5) is 0 Å². The van der Waals surface area contributed by atoms with Crippen molar-refractivity contribution < 1.29 is 9.53 Å². The highest BCUT2D eigenvalue weighted by molar-refractivity contribution is 5.83. The molecule has 1 amide bonds. The minimum atomic E-state index is -0.313. The van der Waals surface area contributed by atoms with Gasteiger partial charge >= 0.3 is 0 Å². The number of hydrogen-bond acceptors (Lipinski definition) is 2. The van der Waals surface area contributed by atoms with E-state index in [0.29, 0.717) is 13.2 Å². The summed E-state index contributed by atoms with van der Waals surface area (Å²) in [5.41, 5.74) is 2.13. The maximum absolute atomic E-state index is 12.7. The summed E-state index contributed by atoms with van der Waals surface area (Å²) in [6, 6.07) is 20.7. The normalized spacial score (nSPS) is 15.8. The Morgan fingerprint density at radius 3 is 2.00 bits per heavy atom. The smallest absolute Gasteiger partial charge is 0.228 e. The molecule has 0 unspecified atom stereocenters. The van der Waals surface area contributed by atoms with Crippen LogP contribution < -0.4 is 5.32 Å². The first-order valence-electron chi connectivity index (χ1n) is 8.62. The lowest BCUT2D eigenvalue weighted by molar-refractivity contribution is -0.140. The molecule has 2 aromatic carbocycles. The first-order chi connectivity index (χ1) is 11.7. The van der Waals surface area contributed by atoms with Crippen molar-refractivity contribution in [3.8, 4) is 0 Å². The average Bonchev–Trinajstić information content (AvgIpc) is 2.60. The van der Waals surface area contributed by atoms with Crippen molar-refractivity contribution >= 4 is 5.91 Å². The molecule has 0 aromatic heterocycles. The summed E-state index contributed by atoms with van der Waals surface area (Å²) in [6.45, 7) is 1.12. The highest BCUT2D eigenvalue weighted by Crippen LogP contribution is 2.41. The summed E-state index contributed by atoms with van der Waals surface area (Å²) in [5, 5.41) is 3.19. The molecule has 1 aliphatic rings. The van der Waals surface area contributed by atoms with Crippen molar-refractivity contribution in [2.75, 3.05) is 20.3 Å². The van der Waals surface area contributed by atoms with E-state index in [2.05, 4.69) is 29.6 Å². The zero-order valence-corrected chi connectivity index (χ0v) is 14.2. The van der Waals surface area contributed by atoms with Crippen molar-refractivity contribution in [3.63, 3.8) is 0 Å². The molecule has 3 rings (SSSR count). The zero-order valence-electron chi connectivity index (χ0n) is 14.2. The second-order valence-electron chi connectivity index (χ2n) is 6.65. The molecule has 1 N–H and O–H groups in total. The molecular formula is C21H25NO2. The number of amides is 1. The Morgan fingerprint density at radius 2 is 1.58 bits per heavy atom. The predicted octanol–water partition coefficient (Wildman–Crippen LogP) is 3.75. The first kappa shape index (κ1) is 16.7. The molecular weight excluding hydrogens is 298 g/mol. The predicted molar refractivity (Wildman–Crippen MR) is 95.9 cm³/mol. The lowest BCUT2D eigenvalue weighted by atomic mass is 9.68. The standard InChI is InChI=1S/C21H25NO2/c1-24-16-21(13-8-14-21)20(23)22-15-19(17-9-4-2-5-10-17)18-11-6-3-7-12-18/h2-7,9-12,19H,8,13-16H2,1H3,(H,22,23). The van der Waals surface area contributed by atoms with E-state index in [-0.39, 0.29) is 17.2 Å². The van der Waals surface area contributed by atoms with E-state index >= 15 is 0 Å². The molecule has 0 bridgehead atoms. The maximum atomic E-state index is 12.7. The van der Waals surface area contributed by atoms with Crippen LogP contribution in [0.15, 0.2) is 60.7 Å². The van der Waals surface area contributed by atoms with E-state index in [0.717, 1.165) is 19.3 Å². The molecule has 24 heavy (non-hydrogen) atoms. The van der Waals surface area contributed by atoms with Gasteiger partial charge in [0.2, 0.25) is 5.91 Å². The molecule has 0 aliphatic heterocycles. The summed E-state index contributed by atoms with van der Waals surface area (Å²) in [6.07, 6.45) is 2.96. The fourth-order valence-electron chi connectivity index (χ4n) is 3.50. The van der Waals surface area contributed by atoms with Crippen molar-refractivity contribution in [3.05, 3.63) is 71.8 Å². The summed E-state index contributed by atoms with van der Waals surface area (Å²) in [7, 11) is 1.67. The highest BCUT2D eigenvalue weighted by Gasteiger charge is 2.44. The molecule has 0 atom stereocenters. The van der Waals surface area contributed by atoms with Crippen molar-refractivity contribution in [2.45, 2.75) is 25.2 Å². The SMILES string of the molecule is COCC1(C(=O)NCC(c2ccccc2)c2ccccc2)CCC1. The summed E-state index contributed by atoms with van der Waals surface area (Å²) in [4.78, 5) is 12.7. The van der Waals surface area contributed by atoms with Crippen LogP contribution in [0.5, 0.6) is 0 Å². The zero-order chi connectivity index (χ0) is 16.8. The van der Waals surface area contributed by atoms with Gasteiger partial charge in [-0.05, 0) is 24.0 Å². The van der Waals surface area contributed by atoms with Crippen LogP contribution in [0.1, 0.15) is 36.3 Å². The van der Waals surface area contributed by atoms with Gasteiger partial charge in [0.25, 0.3) is 0 Å². The van der Waals surface area contributed by atoms with E-state index in [9.17, 15) is 4.79 Å². The monoisotopic (exact) mass is 323 g/mol. The molecule has 3 heteroatoms. The van der Waals surface area contributed by atoms with Crippen LogP contribution >= 0.6 is 0 Å². The van der Waals surface area contributed by atoms with Crippen LogP contribution in [0.25, 0.3) is 0 Å². The number of methoxy groups -OCH3 is 1. The van der Waals surface area contributed by atoms with Crippen molar-refractivity contribution in [1.82, 2.24) is 5.32 Å². The van der Waals surface area contributed by atoms with Gasteiger partial charge in [0.1, 0.15) is 0 Å². The Bertz CT molecular complexity index is 611. The Morgan fingerprint density at radius 1 is 1.04 bits per heavy atom. The number of benzene rings is 2. The fraction of sp³-hybridized carbons (Fsp3) is 0.381. The molecule has 1 aliphatic carbocycles. The highest BCUT2D eigenvalue weighted by atomic mass is 16.5. The first-order valence-corrected chi connectivity index (χ1v) is 8.62. The largest absolute Gasteiger partial charge is 0.384 e. The number of carbonyl (C=O) groups is 1. The van der Waals surface area contributed by atoms with E-state index in [1.54, 1.807) is 7.11 Å². The Hall–Kier alpha value is -2.13. The summed E-state index contributed by atoms with van der Waals surface area (Å²) >= 11 is 0. The van der Waals surface area contributed by atoms with Crippen LogP contribution in [-0.2, 0) is 9.53 Å². The van der Waals surface area contributed by atoms with Crippen LogP contribution in [0.3, 0.4) is 0 Å². The lowest BCUT2D eigenvalue weighted by Gasteiger charge is -2.39. The van der Waals surface area contributed by atoms with Gasteiger partial charge in [-0.15, -0.1) is 0 Å². The summed E-state index contributed by atoms with van der Waals surface area (Å²) in [5.74, 6) is 0.295. The molecule has 126 valence electrons. The van der Waals surface area contributed by atoms with Gasteiger partial charge < -0.3 is 10.1 Å². The maximum Gasteiger partial charge on any atom is 0.228 e. The van der Waals surface area contributed by atoms with Gasteiger partial charge in [-0.3, -0.25) is 4.79 Å². The van der Waals surface area contributed by atoms with Crippen molar-refractivity contribution in [1.29, 1.82) is 0 Å². The van der Waals surface area contributed by atoms with E-state index in [1.165, 1.54) is 11.1 Å². The molecule has 1 saturated carbocycles. The van der Waals surface area contributed by atoms with Gasteiger partial charge in [0.15, 0.2) is 0 Å². The molecule has 0 saturated heterocycles. The third-order valence-corrected chi connectivity index (χ3v) is 5.08. The van der Waals surface area contributed by atoms with Gasteiger partial charge in [0, 0.05) is 19.6 Å². The fourth-order valence-corrected chi connectivity index (χ4v) is 3.50. The second-order valence-corrected chi connectivity index (χ2v) is 6.65. The van der Waals surface area contributed by atoms with Gasteiger partial charge in [-0.1, -0.05) is 67.1 Å². The van der Waals surface area contributed by atoms with Gasteiger partial charge in [-0.25, -0.2) is 0 Å². The second kappa shape index (κ2) is 7.63. The molecule has 2 aromatic rings. The Kier molecular flexibility index (Phi) is 5.31. The van der Waals surface area contributed by atoms with E-state index < -0.39 is 0 Å². The van der Waals surface area contributed by atoms with E-state index in [1.807, 2.05) is 36.4 Å². The van der Waals surface area contributed by atoms with Crippen molar-refractivity contribution in [2.24, 2.45) is 5.41 Å². The topological polar surface area (TPSA) is 38.3 Å². The van der Waals surface area contributed by atoms with Gasteiger partial charge in [-0.2, -0.15) is 0 Å². The molecule has 1 fully saturated rings. The van der Waals surface area contributed by atoms with Crippen LogP contribution in [0, 0.1) is 5.41 Å². The van der Waals surface area contributed by atoms with Crippen LogP contribution in [-0.4, -0.2) is 26.2 Å². The summed E-state index contributed by atoms with van der Waals surface area (Å²) < 4.78 is 5.29. The molecule has 0 spiro atoms. The number of rotatable bonds is 7. The Labute approximate surface area is 144 Å². The third-order valence-electron chi connectivity index (χ3n) is 5.08. The number of ether oxygens (including phenoxy) is 1. The number of nitrogens with one attached hydrogen (secondary N) is 1. The third kappa shape index (κ3) is 3.51. The molecule has 3 nitrogen and oxygen atoms in total. The lowest BCUT2D eigenvalue weighted by Crippen LogP contribution is -2.49. The quantitative estimate of drug-likeness (QED) is 0.843. The number of hydrogen-bond donors (Lipinski definition) is 1. The average molecular weight is 323 g/mol.